The molecule has 16 heavy (non-hydrogen) atoms. The van der Waals surface area contributed by atoms with Crippen LogP contribution < -0.4 is 5.32 Å². The monoisotopic (exact) mass is 277 g/mol. The molecule has 82 valence electrons. The molecule has 0 aliphatic carbocycles. The molecule has 0 saturated heterocycles. The van der Waals surface area contributed by atoms with Gasteiger partial charge in [0.15, 0.2) is 0 Å². The molecule has 0 unspecified atom stereocenters. The summed E-state index contributed by atoms with van der Waals surface area (Å²) in [5, 5.41) is 2.29. The number of halogens is 1. The third kappa shape index (κ3) is 3.43. The van der Waals surface area contributed by atoms with E-state index in [1.165, 1.54) is 11.1 Å². The van der Waals surface area contributed by atoms with Gasteiger partial charge in [-0.2, -0.15) is 0 Å². The van der Waals surface area contributed by atoms with Crippen LogP contribution in [0.4, 0.5) is 0 Å². The number of hydrogen-bond donors (Lipinski definition) is 1. The molecule has 0 spiro atoms. The molecular weight excluding hydrogens is 264 g/mol. The molecule has 1 heterocycles. The number of hydrogen-bond acceptors (Lipinski definition) is 1. The highest BCUT2D eigenvalue weighted by Crippen LogP contribution is 2.10. The fourth-order valence-corrected chi connectivity index (χ4v) is 2.03. The molecule has 0 atom stereocenters. The molecule has 1 aromatic heterocycles. The van der Waals surface area contributed by atoms with Crippen LogP contribution >= 0.6 is 15.9 Å². The molecular formula is C13H14BrN2+. The van der Waals surface area contributed by atoms with Gasteiger partial charge in [-0.25, -0.2) is 0 Å². The molecule has 2 nitrogen and oxygen atoms in total. The number of aromatic nitrogens is 1. The van der Waals surface area contributed by atoms with E-state index in [9.17, 15) is 0 Å². The van der Waals surface area contributed by atoms with Crippen molar-refractivity contribution in [1.82, 2.24) is 4.98 Å². The lowest BCUT2D eigenvalue weighted by Crippen LogP contribution is -2.80. The van der Waals surface area contributed by atoms with E-state index in [4.69, 9.17) is 0 Å². The highest BCUT2D eigenvalue weighted by atomic mass is 79.9. The number of nitrogens with zero attached hydrogens (tertiary/aromatic N) is 1. The molecule has 0 fully saturated rings. The average Bonchev–Trinajstić information content (AvgIpc) is 2.30. The summed E-state index contributed by atoms with van der Waals surface area (Å²) in [4.78, 5) is 4.00. The van der Waals surface area contributed by atoms with Crippen molar-refractivity contribution >= 4 is 15.9 Å². The molecule has 0 radical (unpaired) electrons. The van der Waals surface area contributed by atoms with E-state index < -0.39 is 0 Å². The third-order valence-corrected chi connectivity index (χ3v) is 2.89. The minimum absolute atomic E-state index is 0.995. The van der Waals surface area contributed by atoms with Gasteiger partial charge in [0.2, 0.25) is 0 Å². The van der Waals surface area contributed by atoms with Gasteiger partial charge in [0.05, 0.1) is 0 Å². The van der Waals surface area contributed by atoms with Crippen LogP contribution in [0.1, 0.15) is 11.1 Å². The highest BCUT2D eigenvalue weighted by Gasteiger charge is 1.97. The Hall–Kier alpha value is -1.19. The summed E-state index contributed by atoms with van der Waals surface area (Å²) < 4.78 is 1.14. The Morgan fingerprint density at radius 2 is 1.75 bits per heavy atom. The van der Waals surface area contributed by atoms with Crippen molar-refractivity contribution in [3.63, 3.8) is 0 Å². The fraction of sp³-hybridized carbons (Fsp3) is 0.154. The van der Waals surface area contributed by atoms with E-state index in [0.29, 0.717) is 0 Å². The quantitative estimate of drug-likeness (QED) is 0.912. The first-order valence-corrected chi connectivity index (χ1v) is 6.09. The van der Waals surface area contributed by atoms with Gasteiger partial charge >= 0.3 is 0 Å². The maximum absolute atomic E-state index is 4.00. The van der Waals surface area contributed by atoms with Crippen molar-refractivity contribution in [2.24, 2.45) is 0 Å². The Kier molecular flexibility index (Phi) is 4.08. The number of rotatable bonds is 4. The van der Waals surface area contributed by atoms with Gasteiger partial charge in [-0.1, -0.05) is 28.1 Å². The van der Waals surface area contributed by atoms with Crippen molar-refractivity contribution in [2.75, 3.05) is 0 Å². The van der Waals surface area contributed by atoms with Crippen molar-refractivity contribution in [1.29, 1.82) is 0 Å². The van der Waals surface area contributed by atoms with Crippen molar-refractivity contribution in [3.05, 3.63) is 64.4 Å². The van der Waals surface area contributed by atoms with Gasteiger partial charge in [-0.15, -0.1) is 0 Å². The Balaban J connectivity index is 1.85. The Morgan fingerprint density at radius 3 is 2.50 bits per heavy atom. The maximum Gasteiger partial charge on any atom is 0.102 e. The van der Waals surface area contributed by atoms with Crippen LogP contribution in [0.15, 0.2) is 53.3 Å². The van der Waals surface area contributed by atoms with Crippen LogP contribution in [0.25, 0.3) is 0 Å². The molecule has 1 aromatic carbocycles. The smallest absolute Gasteiger partial charge is 0.102 e. The lowest BCUT2D eigenvalue weighted by molar-refractivity contribution is -0.686. The lowest BCUT2D eigenvalue weighted by Gasteiger charge is -2.02. The van der Waals surface area contributed by atoms with Gasteiger partial charge < -0.3 is 5.32 Å². The molecule has 3 heteroatoms. The van der Waals surface area contributed by atoms with Gasteiger partial charge in [0, 0.05) is 28.0 Å². The molecule has 0 aliphatic heterocycles. The number of pyridine rings is 1. The SMILES string of the molecule is Brc1cccc(C[NH2+]Cc2ccncc2)c1. The van der Waals surface area contributed by atoms with Crippen LogP contribution in [-0.4, -0.2) is 4.98 Å². The van der Waals surface area contributed by atoms with Crippen LogP contribution in [0.3, 0.4) is 0 Å². The zero-order valence-corrected chi connectivity index (χ0v) is 10.5. The zero-order chi connectivity index (χ0) is 11.2. The number of nitrogens with two attached hydrogens (primary N) is 1. The van der Waals surface area contributed by atoms with Crippen LogP contribution in [0, 0.1) is 0 Å². The summed E-state index contributed by atoms with van der Waals surface area (Å²) in [5.41, 5.74) is 2.65. The van der Waals surface area contributed by atoms with Gasteiger partial charge in [-0.05, 0) is 24.3 Å². The highest BCUT2D eigenvalue weighted by molar-refractivity contribution is 9.10. The topological polar surface area (TPSA) is 29.5 Å². The van der Waals surface area contributed by atoms with E-state index in [1.54, 1.807) is 0 Å². The molecule has 0 aliphatic rings. The average molecular weight is 278 g/mol. The largest absolute Gasteiger partial charge is 0.339 e. The predicted octanol–water partition coefficient (Wildman–Crippen LogP) is 2.11. The normalized spacial score (nSPS) is 10.3. The molecule has 0 bridgehead atoms. The third-order valence-electron chi connectivity index (χ3n) is 2.40. The van der Waals surface area contributed by atoms with Crippen molar-refractivity contribution in [2.45, 2.75) is 13.1 Å². The second kappa shape index (κ2) is 5.77. The van der Waals surface area contributed by atoms with Crippen LogP contribution in [0.2, 0.25) is 0 Å². The van der Waals surface area contributed by atoms with E-state index >= 15 is 0 Å². The Morgan fingerprint density at radius 1 is 1.00 bits per heavy atom. The van der Waals surface area contributed by atoms with Crippen molar-refractivity contribution < 1.29 is 5.32 Å². The summed E-state index contributed by atoms with van der Waals surface area (Å²) in [6, 6.07) is 12.5. The second-order valence-corrected chi connectivity index (χ2v) is 4.60. The second-order valence-electron chi connectivity index (χ2n) is 3.68. The van der Waals surface area contributed by atoms with Gasteiger partial charge in [0.1, 0.15) is 13.1 Å². The van der Waals surface area contributed by atoms with Gasteiger partial charge in [-0.3, -0.25) is 4.98 Å². The molecule has 0 amide bonds. The van der Waals surface area contributed by atoms with Gasteiger partial charge in [0.25, 0.3) is 0 Å². The van der Waals surface area contributed by atoms with E-state index in [0.717, 1.165) is 17.6 Å². The number of benzene rings is 1. The standard InChI is InChI=1S/C13H13BrN2/c14-13-3-1-2-12(8-13)10-16-9-11-4-6-15-7-5-11/h1-8,16H,9-10H2/p+1. The summed E-state index contributed by atoms with van der Waals surface area (Å²) in [7, 11) is 0. The Labute approximate surface area is 104 Å². The number of quaternary nitrogens is 1. The predicted molar refractivity (Wildman–Crippen MR) is 67.7 cm³/mol. The summed E-state index contributed by atoms with van der Waals surface area (Å²) in [6.07, 6.45) is 3.67. The first-order chi connectivity index (χ1) is 7.84. The Bertz CT molecular complexity index is 443. The first kappa shape index (κ1) is 11.3. The summed E-state index contributed by atoms with van der Waals surface area (Å²) in [5.74, 6) is 0. The van der Waals surface area contributed by atoms with Crippen molar-refractivity contribution in [3.8, 4) is 0 Å². The molecule has 2 rings (SSSR count). The molecule has 2 aromatic rings. The molecule has 2 N–H and O–H groups in total. The summed E-state index contributed by atoms with van der Waals surface area (Å²) >= 11 is 3.48. The summed E-state index contributed by atoms with van der Waals surface area (Å²) in [6.45, 7) is 2.00. The maximum atomic E-state index is 4.00. The zero-order valence-electron chi connectivity index (χ0n) is 8.94. The first-order valence-electron chi connectivity index (χ1n) is 5.29. The van der Waals surface area contributed by atoms with E-state index in [-0.39, 0.29) is 0 Å². The van der Waals surface area contributed by atoms with E-state index in [2.05, 4.69) is 56.6 Å². The minimum Gasteiger partial charge on any atom is -0.339 e. The molecule has 0 saturated carbocycles. The lowest BCUT2D eigenvalue weighted by atomic mass is 10.2. The fourth-order valence-electron chi connectivity index (χ4n) is 1.59. The minimum atomic E-state index is 0.995. The van der Waals surface area contributed by atoms with Crippen LogP contribution in [-0.2, 0) is 13.1 Å². The van der Waals surface area contributed by atoms with E-state index in [1.807, 2.05) is 18.5 Å². The van der Waals surface area contributed by atoms with Crippen LogP contribution in [0.5, 0.6) is 0 Å².